The van der Waals surface area contributed by atoms with E-state index in [1.54, 1.807) is 24.3 Å². The summed E-state index contributed by atoms with van der Waals surface area (Å²) in [5.74, 6) is -1.23. The third kappa shape index (κ3) is 2.20. The van der Waals surface area contributed by atoms with Crippen molar-refractivity contribution in [3.63, 3.8) is 0 Å². The van der Waals surface area contributed by atoms with Crippen LogP contribution in [-0.4, -0.2) is 24.8 Å². The van der Waals surface area contributed by atoms with Gasteiger partial charge in [0.2, 0.25) is 0 Å². The molecule has 0 spiro atoms. The number of para-hydroxylation sites is 2. The molecule has 130 valence electrons. The van der Waals surface area contributed by atoms with Crippen molar-refractivity contribution in [3.8, 4) is 0 Å². The third-order valence-electron chi connectivity index (χ3n) is 4.32. The molecule has 0 aliphatic carbocycles. The molecule has 4 rings (SSSR count). The second-order valence-corrected chi connectivity index (χ2v) is 7.21. The SMILES string of the molecule is Nc1ccccc1N1C(=O)c2cccc3c(S(=O)(=O)O)ccc(c23)C1=O. The lowest BCUT2D eigenvalue weighted by Gasteiger charge is -2.28. The van der Waals surface area contributed by atoms with Crippen molar-refractivity contribution in [2.75, 3.05) is 10.6 Å². The van der Waals surface area contributed by atoms with Gasteiger partial charge < -0.3 is 5.73 Å². The van der Waals surface area contributed by atoms with Crippen LogP contribution in [0, 0.1) is 0 Å². The molecule has 1 aliphatic rings. The molecule has 0 fully saturated rings. The monoisotopic (exact) mass is 368 g/mol. The molecule has 2 amide bonds. The fourth-order valence-electron chi connectivity index (χ4n) is 3.20. The summed E-state index contributed by atoms with van der Waals surface area (Å²) in [5.41, 5.74) is 6.75. The van der Waals surface area contributed by atoms with Crippen molar-refractivity contribution in [2.45, 2.75) is 4.90 Å². The quantitative estimate of drug-likeness (QED) is 0.408. The molecule has 3 aromatic carbocycles. The number of nitrogen functional groups attached to an aromatic ring is 1. The highest BCUT2D eigenvalue weighted by Crippen LogP contribution is 2.37. The van der Waals surface area contributed by atoms with Crippen LogP contribution in [0.1, 0.15) is 20.7 Å². The number of imide groups is 1. The Morgan fingerprint density at radius 3 is 2.15 bits per heavy atom. The maximum Gasteiger partial charge on any atom is 0.295 e. The van der Waals surface area contributed by atoms with E-state index in [0.29, 0.717) is 0 Å². The molecule has 0 unspecified atom stereocenters. The van der Waals surface area contributed by atoms with E-state index in [0.717, 1.165) is 11.0 Å². The van der Waals surface area contributed by atoms with E-state index in [9.17, 15) is 22.6 Å². The fourth-order valence-corrected chi connectivity index (χ4v) is 3.89. The van der Waals surface area contributed by atoms with E-state index < -0.39 is 21.9 Å². The van der Waals surface area contributed by atoms with Gasteiger partial charge in [-0.15, -0.1) is 0 Å². The van der Waals surface area contributed by atoms with Gasteiger partial charge in [0.25, 0.3) is 21.9 Å². The summed E-state index contributed by atoms with van der Waals surface area (Å²) in [7, 11) is -4.51. The van der Waals surface area contributed by atoms with Crippen LogP contribution < -0.4 is 10.6 Å². The molecular formula is C18H12N2O5S. The number of anilines is 2. The van der Waals surface area contributed by atoms with Crippen LogP contribution in [0.2, 0.25) is 0 Å². The zero-order valence-electron chi connectivity index (χ0n) is 13.2. The Balaban J connectivity index is 2.05. The first kappa shape index (κ1) is 16.2. The average Bonchev–Trinajstić information content (AvgIpc) is 2.60. The lowest BCUT2D eigenvalue weighted by Crippen LogP contribution is -2.40. The van der Waals surface area contributed by atoms with Gasteiger partial charge in [-0.3, -0.25) is 14.1 Å². The standard InChI is InChI=1S/C18H12N2O5S/c19-13-6-1-2-7-14(13)20-17(21)11-5-3-4-10-15(26(23,24)25)9-8-12(16(10)11)18(20)22/h1-9H,19H2,(H,23,24,25). The zero-order valence-corrected chi connectivity index (χ0v) is 14.0. The minimum Gasteiger partial charge on any atom is -0.397 e. The molecular weight excluding hydrogens is 356 g/mol. The normalized spacial score (nSPS) is 14.1. The number of hydrogen-bond donors (Lipinski definition) is 2. The minimum absolute atomic E-state index is 0.116. The Kier molecular flexibility index (Phi) is 3.36. The highest BCUT2D eigenvalue weighted by Gasteiger charge is 2.36. The summed E-state index contributed by atoms with van der Waals surface area (Å²) < 4.78 is 32.7. The van der Waals surface area contributed by atoms with Crippen LogP contribution in [0.4, 0.5) is 11.4 Å². The zero-order chi connectivity index (χ0) is 18.6. The summed E-state index contributed by atoms with van der Waals surface area (Å²) in [6.45, 7) is 0. The van der Waals surface area contributed by atoms with E-state index in [1.165, 1.54) is 24.3 Å². The Morgan fingerprint density at radius 1 is 0.846 bits per heavy atom. The first-order valence-electron chi connectivity index (χ1n) is 7.57. The Bertz CT molecular complexity index is 1200. The molecule has 8 heteroatoms. The molecule has 3 N–H and O–H groups in total. The summed E-state index contributed by atoms with van der Waals surface area (Å²) in [4.78, 5) is 26.5. The largest absolute Gasteiger partial charge is 0.397 e. The highest BCUT2D eigenvalue weighted by molar-refractivity contribution is 7.86. The Morgan fingerprint density at radius 2 is 1.50 bits per heavy atom. The van der Waals surface area contributed by atoms with Crippen molar-refractivity contribution in [3.05, 3.63) is 65.7 Å². The second kappa shape index (κ2) is 5.38. The van der Waals surface area contributed by atoms with Gasteiger partial charge in [0.15, 0.2) is 0 Å². The molecule has 3 aromatic rings. The molecule has 1 aliphatic heterocycles. The average molecular weight is 368 g/mol. The van der Waals surface area contributed by atoms with E-state index in [1.807, 2.05) is 0 Å². The first-order chi connectivity index (χ1) is 12.3. The van der Waals surface area contributed by atoms with E-state index in [4.69, 9.17) is 5.73 Å². The topological polar surface area (TPSA) is 118 Å². The van der Waals surface area contributed by atoms with Crippen LogP contribution >= 0.6 is 0 Å². The lowest BCUT2D eigenvalue weighted by atomic mass is 9.93. The van der Waals surface area contributed by atoms with Crippen molar-refractivity contribution in [1.29, 1.82) is 0 Å². The van der Waals surface area contributed by atoms with Gasteiger partial charge in [-0.05, 0) is 30.3 Å². The van der Waals surface area contributed by atoms with Gasteiger partial charge in [-0.2, -0.15) is 8.42 Å². The van der Waals surface area contributed by atoms with Gasteiger partial charge in [0.1, 0.15) is 4.90 Å². The Hall–Kier alpha value is -3.23. The molecule has 0 atom stereocenters. The molecule has 26 heavy (non-hydrogen) atoms. The van der Waals surface area contributed by atoms with Gasteiger partial charge in [0.05, 0.1) is 11.4 Å². The number of amides is 2. The molecule has 0 saturated carbocycles. The number of carbonyl (C=O) groups is 2. The van der Waals surface area contributed by atoms with Crippen LogP contribution in [0.25, 0.3) is 10.8 Å². The number of benzene rings is 3. The smallest absolute Gasteiger partial charge is 0.295 e. The van der Waals surface area contributed by atoms with Crippen molar-refractivity contribution in [1.82, 2.24) is 0 Å². The summed E-state index contributed by atoms with van der Waals surface area (Å²) in [5, 5.41) is 0.313. The van der Waals surface area contributed by atoms with Crippen LogP contribution in [0.3, 0.4) is 0 Å². The summed E-state index contributed by atoms with van der Waals surface area (Å²) in [6.07, 6.45) is 0. The molecule has 1 heterocycles. The molecule has 0 aromatic heterocycles. The van der Waals surface area contributed by atoms with Crippen molar-refractivity contribution in [2.24, 2.45) is 0 Å². The van der Waals surface area contributed by atoms with Gasteiger partial charge in [-0.1, -0.05) is 24.3 Å². The van der Waals surface area contributed by atoms with Crippen molar-refractivity contribution < 1.29 is 22.6 Å². The molecule has 0 bridgehead atoms. The van der Waals surface area contributed by atoms with Gasteiger partial charge in [0, 0.05) is 21.9 Å². The predicted molar refractivity (Wildman–Crippen MR) is 95.8 cm³/mol. The summed E-state index contributed by atoms with van der Waals surface area (Å²) in [6, 6.07) is 13.4. The van der Waals surface area contributed by atoms with E-state index >= 15 is 0 Å². The fraction of sp³-hybridized carbons (Fsp3) is 0. The lowest BCUT2D eigenvalue weighted by molar-refractivity contribution is 0.0893. The predicted octanol–water partition coefficient (Wildman–Crippen LogP) is 2.47. The van der Waals surface area contributed by atoms with E-state index in [-0.39, 0.29) is 38.2 Å². The molecule has 0 saturated heterocycles. The highest BCUT2D eigenvalue weighted by atomic mass is 32.2. The minimum atomic E-state index is -4.51. The van der Waals surface area contributed by atoms with Crippen LogP contribution in [-0.2, 0) is 10.1 Å². The maximum atomic E-state index is 13.0. The van der Waals surface area contributed by atoms with Crippen molar-refractivity contribution >= 4 is 44.1 Å². The second-order valence-electron chi connectivity index (χ2n) is 5.82. The molecule has 0 radical (unpaired) electrons. The van der Waals surface area contributed by atoms with Gasteiger partial charge in [-0.25, -0.2) is 4.90 Å². The number of nitrogens with two attached hydrogens (primary N) is 1. The Labute approximate surface area is 148 Å². The number of hydrogen-bond acceptors (Lipinski definition) is 5. The summed E-state index contributed by atoms with van der Waals surface area (Å²) >= 11 is 0. The number of rotatable bonds is 2. The third-order valence-corrected chi connectivity index (χ3v) is 5.23. The van der Waals surface area contributed by atoms with E-state index in [2.05, 4.69) is 0 Å². The maximum absolute atomic E-state index is 13.0. The first-order valence-corrected chi connectivity index (χ1v) is 9.01. The molecule has 7 nitrogen and oxygen atoms in total. The number of nitrogens with zero attached hydrogens (tertiary/aromatic N) is 1. The van der Waals surface area contributed by atoms with Gasteiger partial charge >= 0.3 is 0 Å². The van der Waals surface area contributed by atoms with Crippen LogP contribution in [0.15, 0.2) is 59.5 Å². The number of carbonyl (C=O) groups excluding carboxylic acids is 2. The van der Waals surface area contributed by atoms with Crippen LogP contribution in [0.5, 0.6) is 0 Å².